The van der Waals surface area contributed by atoms with Crippen LogP contribution in [0.3, 0.4) is 0 Å². The van der Waals surface area contributed by atoms with Gasteiger partial charge in [0.05, 0.1) is 5.69 Å². The van der Waals surface area contributed by atoms with Crippen LogP contribution in [0.1, 0.15) is 49.7 Å². The molecular weight excluding hydrogens is 522 g/mol. The van der Waals surface area contributed by atoms with E-state index in [2.05, 4.69) is 27.0 Å². The van der Waals surface area contributed by atoms with E-state index in [1.54, 1.807) is 18.2 Å². The molecule has 3 aromatic carbocycles. The van der Waals surface area contributed by atoms with E-state index < -0.39 is 24.1 Å². The van der Waals surface area contributed by atoms with Gasteiger partial charge in [-0.2, -0.15) is 0 Å². The van der Waals surface area contributed by atoms with Crippen LogP contribution in [-0.2, 0) is 22.7 Å². The van der Waals surface area contributed by atoms with Gasteiger partial charge in [0.2, 0.25) is 0 Å². The van der Waals surface area contributed by atoms with Gasteiger partial charge in [-0.05, 0) is 35.6 Å². The maximum Gasteiger partial charge on any atom is 0.408 e. The Bertz CT molecular complexity index is 1250. The summed E-state index contributed by atoms with van der Waals surface area (Å²) in [6.07, 6.45) is 5.14. The second-order valence-corrected chi connectivity index (χ2v) is 9.99. The van der Waals surface area contributed by atoms with Crippen molar-refractivity contribution in [3.8, 4) is 5.75 Å². The Morgan fingerprint density at radius 1 is 0.756 bits per heavy atom. The number of hydrogen-bond donors (Lipinski definition) is 5. The number of alkyl carbamates (subject to hydrolysis) is 1. The Kier molecular flexibility index (Phi) is 11.2. The number of hydrazine groups is 2. The van der Waals surface area contributed by atoms with Crippen LogP contribution in [0.15, 0.2) is 84.9 Å². The van der Waals surface area contributed by atoms with Gasteiger partial charge >= 0.3 is 12.1 Å². The van der Waals surface area contributed by atoms with Crippen LogP contribution in [0.5, 0.6) is 5.75 Å². The standard InChI is InChI=1S/C31H37N5O5/c37-29(28(19-23-11-4-1-5-12-23)32-31(39)41-22-25-15-8-3-9-16-25)34-36-30(38)35-33-26-17-10-18-27(20-26)40-21-24-13-6-2-7-14-24/h2-3,6-10,13-18,20,23,28,33H,1,4-5,11-12,19,21-22H2,(H,32,39)(H,34,37)(H2,35,36,38). The molecule has 1 atom stereocenters. The molecule has 0 aliphatic heterocycles. The van der Waals surface area contributed by atoms with Gasteiger partial charge in [0, 0.05) is 6.07 Å². The molecule has 216 valence electrons. The fraction of sp³-hybridized carbons (Fsp3) is 0.323. The monoisotopic (exact) mass is 559 g/mol. The van der Waals surface area contributed by atoms with Gasteiger partial charge in [-0.1, -0.05) is 98.8 Å². The smallest absolute Gasteiger partial charge is 0.408 e. The number of hydrogen-bond acceptors (Lipinski definition) is 6. The van der Waals surface area contributed by atoms with Crippen molar-refractivity contribution < 1.29 is 23.9 Å². The van der Waals surface area contributed by atoms with Crippen molar-refractivity contribution >= 4 is 23.7 Å². The summed E-state index contributed by atoms with van der Waals surface area (Å²) >= 11 is 0. The molecule has 0 spiro atoms. The van der Waals surface area contributed by atoms with Crippen molar-refractivity contribution in [2.24, 2.45) is 5.92 Å². The molecule has 1 unspecified atom stereocenters. The van der Waals surface area contributed by atoms with E-state index >= 15 is 0 Å². The minimum atomic E-state index is -0.854. The molecule has 0 bridgehead atoms. The summed E-state index contributed by atoms with van der Waals surface area (Å²) in [7, 11) is 0. The summed E-state index contributed by atoms with van der Waals surface area (Å²) in [6.45, 7) is 0.509. The number of amides is 4. The number of carbonyl (C=O) groups excluding carboxylic acids is 3. The van der Waals surface area contributed by atoms with Crippen LogP contribution in [0, 0.1) is 5.92 Å². The predicted octanol–water partition coefficient (Wildman–Crippen LogP) is 5.19. The molecule has 3 aromatic rings. The average molecular weight is 560 g/mol. The number of carbonyl (C=O) groups is 3. The highest BCUT2D eigenvalue weighted by atomic mass is 16.5. The van der Waals surface area contributed by atoms with E-state index in [1.165, 1.54) is 6.42 Å². The molecule has 10 nitrogen and oxygen atoms in total. The molecule has 1 aliphatic rings. The SMILES string of the molecule is O=C(NNC(=O)C(CC1CCCCC1)NC(=O)OCc1ccccc1)NNc1cccc(OCc2ccccc2)c1. The lowest BCUT2D eigenvalue weighted by atomic mass is 9.84. The third-order valence-corrected chi connectivity index (χ3v) is 6.82. The first-order valence-corrected chi connectivity index (χ1v) is 13.9. The second kappa shape index (κ2) is 15.8. The summed E-state index contributed by atoms with van der Waals surface area (Å²) in [6, 6.07) is 24.7. The van der Waals surface area contributed by atoms with E-state index in [-0.39, 0.29) is 6.61 Å². The van der Waals surface area contributed by atoms with E-state index in [0.29, 0.717) is 30.4 Å². The number of nitrogens with one attached hydrogen (secondary N) is 5. The molecule has 1 fully saturated rings. The summed E-state index contributed by atoms with van der Waals surface area (Å²) in [5.41, 5.74) is 12.5. The van der Waals surface area contributed by atoms with E-state index in [0.717, 1.165) is 36.8 Å². The maximum atomic E-state index is 13.0. The molecule has 10 heteroatoms. The lowest BCUT2D eigenvalue weighted by molar-refractivity contribution is -0.124. The highest BCUT2D eigenvalue weighted by molar-refractivity contribution is 5.87. The van der Waals surface area contributed by atoms with Gasteiger partial charge in [0.1, 0.15) is 25.0 Å². The largest absolute Gasteiger partial charge is 0.489 e. The van der Waals surface area contributed by atoms with Crippen molar-refractivity contribution in [3.05, 3.63) is 96.1 Å². The van der Waals surface area contributed by atoms with Crippen molar-refractivity contribution in [1.29, 1.82) is 0 Å². The third kappa shape index (κ3) is 10.4. The Morgan fingerprint density at radius 2 is 1.44 bits per heavy atom. The third-order valence-electron chi connectivity index (χ3n) is 6.82. The highest BCUT2D eigenvalue weighted by Gasteiger charge is 2.27. The fourth-order valence-electron chi connectivity index (χ4n) is 4.66. The Hall–Kier alpha value is -4.73. The molecule has 5 N–H and O–H groups in total. The number of anilines is 1. The first kappa shape index (κ1) is 29.3. The van der Waals surface area contributed by atoms with Crippen LogP contribution in [-0.4, -0.2) is 24.1 Å². The highest BCUT2D eigenvalue weighted by Crippen LogP contribution is 2.27. The van der Waals surface area contributed by atoms with Gasteiger partial charge in [-0.25, -0.2) is 15.0 Å². The zero-order chi connectivity index (χ0) is 28.7. The van der Waals surface area contributed by atoms with Crippen molar-refractivity contribution in [2.75, 3.05) is 5.43 Å². The van der Waals surface area contributed by atoms with Crippen molar-refractivity contribution in [1.82, 2.24) is 21.6 Å². The van der Waals surface area contributed by atoms with Gasteiger partial charge in [-0.3, -0.25) is 21.1 Å². The first-order chi connectivity index (χ1) is 20.0. The lowest BCUT2D eigenvalue weighted by Gasteiger charge is -2.26. The second-order valence-electron chi connectivity index (χ2n) is 9.99. The van der Waals surface area contributed by atoms with Gasteiger partial charge in [0.15, 0.2) is 0 Å². The fourth-order valence-corrected chi connectivity index (χ4v) is 4.66. The predicted molar refractivity (Wildman–Crippen MR) is 155 cm³/mol. The molecule has 0 aromatic heterocycles. The Morgan fingerprint density at radius 3 is 2.15 bits per heavy atom. The quantitative estimate of drug-likeness (QED) is 0.206. The molecule has 1 saturated carbocycles. The molecule has 0 saturated heterocycles. The molecule has 0 heterocycles. The van der Waals surface area contributed by atoms with Crippen LogP contribution in [0.25, 0.3) is 0 Å². The lowest BCUT2D eigenvalue weighted by Crippen LogP contribution is -2.55. The van der Waals surface area contributed by atoms with Gasteiger partial charge in [-0.15, -0.1) is 0 Å². The number of rotatable bonds is 11. The first-order valence-electron chi connectivity index (χ1n) is 13.9. The maximum absolute atomic E-state index is 13.0. The normalized spacial score (nSPS) is 13.8. The Balaban J connectivity index is 1.23. The van der Waals surface area contributed by atoms with Gasteiger partial charge < -0.3 is 14.8 Å². The Labute approximate surface area is 240 Å². The molecule has 4 rings (SSSR count). The summed E-state index contributed by atoms with van der Waals surface area (Å²) in [5, 5.41) is 2.67. The van der Waals surface area contributed by atoms with Crippen LogP contribution < -0.4 is 31.8 Å². The molecule has 1 aliphatic carbocycles. The number of ether oxygens (including phenoxy) is 2. The van der Waals surface area contributed by atoms with Crippen molar-refractivity contribution in [3.63, 3.8) is 0 Å². The van der Waals surface area contributed by atoms with Crippen LogP contribution >= 0.6 is 0 Å². The number of urea groups is 1. The van der Waals surface area contributed by atoms with E-state index in [9.17, 15) is 14.4 Å². The number of benzene rings is 3. The van der Waals surface area contributed by atoms with E-state index in [1.807, 2.05) is 66.7 Å². The molecule has 41 heavy (non-hydrogen) atoms. The zero-order valence-electron chi connectivity index (χ0n) is 22.9. The summed E-state index contributed by atoms with van der Waals surface area (Å²) in [4.78, 5) is 37.8. The summed E-state index contributed by atoms with van der Waals surface area (Å²) < 4.78 is 11.1. The average Bonchev–Trinajstić information content (AvgIpc) is 3.02. The molecular formula is C31H37N5O5. The van der Waals surface area contributed by atoms with E-state index in [4.69, 9.17) is 9.47 Å². The molecule has 4 amide bonds. The van der Waals surface area contributed by atoms with Crippen LogP contribution in [0.4, 0.5) is 15.3 Å². The minimum Gasteiger partial charge on any atom is -0.489 e. The van der Waals surface area contributed by atoms with Gasteiger partial charge in [0.25, 0.3) is 5.91 Å². The zero-order valence-corrected chi connectivity index (χ0v) is 22.9. The van der Waals surface area contributed by atoms with Crippen molar-refractivity contribution in [2.45, 2.75) is 57.8 Å². The summed E-state index contributed by atoms with van der Waals surface area (Å²) in [5.74, 6) is 0.407. The van der Waals surface area contributed by atoms with Crippen LogP contribution in [0.2, 0.25) is 0 Å². The minimum absolute atomic E-state index is 0.0925. The topological polar surface area (TPSA) is 130 Å². The molecule has 0 radical (unpaired) electrons.